The Balaban J connectivity index is -0.00000000500. The minimum Gasteiger partial charge on any atom is -0.680 e. The molecule has 0 atom stereocenters. The van der Waals surface area contributed by atoms with Crippen molar-refractivity contribution >= 4 is 0 Å². The summed E-state index contributed by atoms with van der Waals surface area (Å²) < 4.78 is 0. The summed E-state index contributed by atoms with van der Waals surface area (Å²) in [6, 6.07) is 0. The van der Waals surface area contributed by atoms with Crippen molar-refractivity contribution in [1.29, 1.82) is 0 Å². The Bertz CT molecular complexity index is 8.00. The van der Waals surface area contributed by atoms with Gasteiger partial charge in [-0.1, -0.05) is 0 Å². The van der Waals surface area contributed by atoms with Crippen LogP contribution >= 0.6 is 0 Å². The monoisotopic (exact) mass is 299 g/mol. The van der Waals surface area contributed by atoms with E-state index in [9.17, 15) is 0 Å². The van der Waals surface area contributed by atoms with Crippen molar-refractivity contribution in [3.63, 3.8) is 0 Å². The van der Waals surface area contributed by atoms with Gasteiger partial charge in [0.15, 0.2) is 0 Å². The number of hydrogen-bond acceptors (Lipinski definition) is 0. The van der Waals surface area contributed by atoms with Crippen LogP contribution in [0, 0.1) is 0 Å². The molecular formula is CH4NRbW. The molecule has 0 saturated heterocycles. The van der Waals surface area contributed by atoms with Crippen molar-refractivity contribution < 1.29 is 79.3 Å². The molecule has 0 spiro atoms. The molecule has 1 nitrogen and oxygen atoms in total. The van der Waals surface area contributed by atoms with Crippen molar-refractivity contribution in [2.24, 2.45) is 0 Å². The molecule has 0 radical (unpaired) electrons. The smallest absolute Gasteiger partial charge is 0.680 e. The molecule has 0 rings (SSSR count). The van der Waals surface area contributed by atoms with E-state index in [-0.39, 0.29) is 79.3 Å². The fourth-order valence-electron chi connectivity index (χ4n) is 0. The molecule has 0 aromatic carbocycles. The van der Waals surface area contributed by atoms with Crippen LogP contribution in [0.1, 0.15) is 0 Å². The van der Waals surface area contributed by atoms with E-state index in [0.29, 0.717) is 0 Å². The third kappa shape index (κ3) is 8.82. The molecule has 0 aliphatic rings. The molecule has 0 heterocycles. The van der Waals surface area contributed by atoms with Crippen LogP contribution < -0.4 is 58.2 Å². The maximum absolute atomic E-state index is 5.75. The standard InChI is InChI=1S/CH4N.Rb.W/c1-2;;/h2H,1H3;;/q-1;+1;. The van der Waals surface area contributed by atoms with Gasteiger partial charge in [0.2, 0.25) is 0 Å². The third-order valence-electron chi connectivity index (χ3n) is 0. The maximum Gasteiger partial charge on any atom is 1.00 e. The van der Waals surface area contributed by atoms with E-state index in [1.165, 1.54) is 7.05 Å². The molecule has 0 amide bonds. The van der Waals surface area contributed by atoms with Crippen LogP contribution in [0.2, 0.25) is 0 Å². The van der Waals surface area contributed by atoms with Crippen molar-refractivity contribution in [1.82, 2.24) is 0 Å². The summed E-state index contributed by atoms with van der Waals surface area (Å²) in [6.07, 6.45) is 0. The molecule has 0 unspecified atom stereocenters. The average molecular weight is 299 g/mol. The molecule has 0 aliphatic carbocycles. The fraction of sp³-hybridized carbons (Fsp3) is 1.00. The molecule has 20 valence electrons. The molecular weight excluding hydrogens is 295 g/mol. The first-order chi connectivity index (χ1) is 1.00. The average Bonchev–Trinajstić information content (AvgIpc) is 1.00. The van der Waals surface area contributed by atoms with Gasteiger partial charge in [0, 0.05) is 21.1 Å². The van der Waals surface area contributed by atoms with Gasteiger partial charge in [0.25, 0.3) is 0 Å². The molecule has 0 bridgehead atoms. The van der Waals surface area contributed by atoms with E-state index in [0.717, 1.165) is 0 Å². The Morgan fingerprint density at radius 3 is 1.25 bits per heavy atom. The number of nitrogens with one attached hydrogen (secondary N) is 1. The Labute approximate surface area is 89.8 Å². The predicted octanol–water partition coefficient (Wildman–Crippen LogP) is -2.33. The van der Waals surface area contributed by atoms with Gasteiger partial charge in [-0.3, -0.25) is 0 Å². The second kappa shape index (κ2) is 18.0. The van der Waals surface area contributed by atoms with Crippen LogP contribution in [0.5, 0.6) is 0 Å². The first-order valence-corrected chi connectivity index (χ1v) is 0.500. The summed E-state index contributed by atoms with van der Waals surface area (Å²) in [7, 11) is 1.25. The number of rotatable bonds is 0. The van der Waals surface area contributed by atoms with E-state index in [4.69, 9.17) is 5.73 Å². The molecule has 0 aromatic rings. The summed E-state index contributed by atoms with van der Waals surface area (Å²) in [5, 5.41) is 0. The van der Waals surface area contributed by atoms with Gasteiger partial charge in [-0.15, -0.1) is 0 Å². The van der Waals surface area contributed by atoms with E-state index in [1.807, 2.05) is 0 Å². The quantitative estimate of drug-likeness (QED) is 0.479. The first kappa shape index (κ1) is 16.1. The Kier molecular flexibility index (Phi) is 72.3. The molecule has 0 aliphatic heterocycles. The summed E-state index contributed by atoms with van der Waals surface area (Å²) in [5.74, 6) is 0. The van der Waals surface area contributed by atoms with Gasteiger partial charge >= 0.3 is 58.2 Å². The fourth-order valence-corrected chi connectivity index (χ4v) is 0. The topological polar surface area (TPSA) is 23.8 Å². The summed E-state index contributed by atoms with van der Waals surface area (Å²) in [6.45, 7) is 0. The van der Waals surface area contributed by atoms with Crippen molar-refractivity contribution in [3.8, 4) is 0 Å². The van der Waals surface area contributed by atoms with Crippen LogP contribution in [0.4, 0.5) is 0 Å². The summed E-state index contributed by atoms with van der Waals surface area (Å²) in [4.78, 5) is 0. The van der Waals surface area contributed by atoms with Gasteiger partial charge in [0.05, 0.1) is 0 Å². The largest absolute Gasteiger partial charge is 1.00 e. The Morgan fingerprint density at radius 1 is 1.25 bits per heavy atom. The molecule has 0 saturated carbocycles. The van der Waals surface area contributed by atoms with Crippen LogP contribution in [0.15, 0.2) is 0 Å². The van der Waals surface area contributed by atoms with Gasteiger partial charge in [-0.05, 0) is 0 Å². The molecule has 0 aromatic heterocycles. The summed E-state index contributed by atoms with van der Waals surface area (Å²) in [5.41, 5.74) is 5.75. The second-order valence-electron chi connectivity index (χ2n) is 0. The molecule has 0 fully saturated rings. The first-order valence-electron chi connectivity index (χ1n) is 0.500. The van der Waals surface area contributed by atoms with Gasteiger partial charge in [0.1, 0.15) is 0 Å². The van der Waals surface area contributed by atoms with Crippen LogP contribution in [-0.4, -0.2) is 7.05 Å². The summed E-state index contributed by atoms with van der Waals surface area (Å²) >= 11 is 0. The molecule has 3 heteroatoms. The minimum atomic E-state index is 0. The Hall–Kier alpha value is 2.45. The van der Waals surface area contributed by atoms with Crippen LogP contribution in [0.25, 0.3) is 5.73 Å². The number of hydrogen-bond donors (Lipinski definition) is 0. The van der Waals surface area contributed by atoms with E-state index in [1.54, 1.807) is 0 Å². The van der Waals surface area contributed by atoms with Crippen molar-refractivity contribution in [2.45, 2.75) is 0 Å². The Morgan fingerprint density at radius 2 is 1.25 bits per heavy atom. The van der Waals surface area contributed by atoms with Crippen LogP contribution in [-0.2, 0) is 21.1 Å². The SMILES string of the molecule is C[NH-].[Rb+].[W]. The normalized spacial score (nSPS) is 1.50. The zero-order chi connectivity index (χ0) is 2.00. The van der Waals surface area contributed by atoms with E-state index in [2.05, 4.69) is 0 Å². The van der Waals surface area contributed by atoms with Crippen molar-refractivity contribution in [2.75, 3.05) is 7.05 Å². The minimum absolute atomic E-state index is 0. The van der Waals surface area contributed by atoms with Gasteiger partial charge in [-0.2, -0.15) is 7.05 Å². The van der Waals surface area contributed by atoms with Gasteiger partial charge < -0.3 is 5.73 Å². The zero-order valence-electron chi connectivity index (χ0n) is 2.91. The van der Waals surface area contributed by atoms with E-state index >= 15 is 0 Å². The third-order valence-corrected chi connectivity index (χ3v) is 0. The molecule has 4 heavy (non-hydrogen) atoms. The van der Waals surface area contributed by atoms with Crippen molar-refractivity contribution in [3.05, 3.63) is 5.73 Å². The molecule has 1 N–H and O–H groups in total. The maximum atomic E-state index is 5.75. The predicted molar refractivity (Wildman–Crippen MR) is 10.2 cm³/mol. The van der Waals surface area contributed by atoms with E-state index < -0.39 is 0 Å². The van der Waals surface area contributed by atoms with Crippen LogP contribution in [0.3, 0.4) is 0 Å². The van der Waals surface area contributed by atoms with Gasteiger partial charge in [-0.25, -0.2) is 0 Å². The second-order valence-corrected chi connectivity index (χ2v) is 0. The zero-order valence-corrected chi connectivity index (χ0v) is 10.8.